The molecule has 0 atom stereocenters. The third-order valence-corrected chi connectivity index (χ3v) is 4.18. The molecule has 142 valence electrons. The van der Waals surface area contributed by atoms with Crippen LogP contribution in [0.2, 0.25) is 0 Å². The van der Waals surface area contributed by atoms with Gasteiger partial charge in [-0.05, 0) is 47.5 Å². The van der Waals surface area contributed by atoms with Crippen LogP contribution in [-0.2, 0) is 13.2 Å². The number of ether oxygens (including phenoxy) is 2. The molecule has 0 unspecified atom stereocenters. The summed E-state index contributed by atoms with van der Waals surface area (Å²) in [7, 11) is 1.64. The Hall–Kier alpha value is -3.60. The van der Waals surface area contributed by atoms with Crippen molar-refractivity contribution in [2.45, 2.75) is 13.2 Å². The minimum Gasteiger partial charge on any atom is -0.497 e. The maximum atomic E-state index is 10.9. The van der Waals surface area contributed by atoms with Crippen molar-refractivity contribution in [3.63, 3.8) is 0 Å². The summed E-state index contributed by atoms with van der Waals surface area (Å²) in [5.41, 5.74) is 3.14. The number of hydrogen-bond acceptors (Lipinski definition) is 4. The first-order valence-electron chi connectivity index (χ1n) is 8.82. The van der Waals surface area contributed by atoms with Crippen LogP contribution in [-0.4, -0.2) is 24.4 Å². The first-order valence-corrected chi connectivity index (χ1v) is 8.82. The SMILES string of the molecule is COc1ccc(CN=Cc2ccccc2OCc2ccc(C(=O)O)cc2)cc1. The van der Waals surface area contributed by atoms with Crippen molar-refractivity contribution in [3.8, 4) is 11.5 Å². The lowest BCUT2D eigenvalue weighted by atomic mass is 10.1. The predicted octanol–water partition coefficient (Wildman–Crippen LogP) is 4.59. The van der Waals surface area contributed by atoms with Crippen molar-refractivity contribution in [1.29, 1.82) is 0 Å². The summed E-state index contributed by atoms with van der Waals surface area (Å²) >= 11 is 0. The van der Waals surface area contributed by atoms with E-state index < -0.39 is 5.97 Å². The maximum Gasteiger partial charge on any atom is 0.335 e. The molecule has 3 aromatic carbocycles. The number of aromatic carboxylic acids is 1. The highest BCUT2D eigenvalue weighted by Gasteiger charge is 2.04. The van der Waals surface area contributed by atoms with Crippen LogP contribution in [0.1, 0.15) is 27.0 Å². The molecule has 0 fully saturated rings. The van der Waals surface area contributed by atoms with Crippen LogP contribution in [0.4, 0.5) is 0 Å². The fourth-order valence-electron chi connectivity index (χ4n) is 2.60. The molecule has 5 nitrogen and oxygen atoms in total. The molecular formula is C23H21NO4. The Morgan fingerprint density at radius 3 is 2.32 bits per heavy atom. The second-order valence-electron chi connectivity index (χ2n) is 6.15. The Bertz CT molecular complexity index is 947. The van der Waals surface area contributed by atoms with Crippen LogP contribution in [0.3, 0.4) is 0 Å². The molecule has 0 spiro atoms. The first kappa shape index (κ1) is 19.2. The van der Waals surface area contributed by atoms with Gasteiger partial charge in [-0.1, -0.05) is 36.4 Å². The average molecular weight is 375 g/mol. The van der Waals surface area contributed by atoms with Gasteiger partial charge in [-0.25, -0.2) is 4.79 Å². The summed E-state index contributed by atoms with van der Waals surface area (Å²) < 4.78 is 11.1. The quantitative estimate of drug-likeness (QED) is 0.585. The molecule has 0 aromatic heterocycles. The van der Waals surface area contributed by atoms with Gasteiger partial charge in [0.05, 0.1) is 19.2 Å². The third kappa shape index (κ3) is 5.20. The van der Waals surface area contributed by atoms with E-state index in [1.54, 1.807) is 37.6 Å². The fourth-order valence-corrected chi connectivity index (χ4v) is 2.60. The number of carboxylic acids is 1. The highest BCUT2D eigenvalue weighted by molar-refractivity contribution is 5.87. The van der Waals surface area contributed by atoms with E-state index in [9.17, 15) is 4.79 Å². The minimum absolute atomic E-state index is 0.259. The smallest absolute Gasteiger partial charge is 0.335 e. The fraction of sp³-hybridized carbons (Fsp3) is 0.130. The Labute approximate surface area is 163 Å². The number of aliphatic imine (C=N–C) groups is 1. The topological polar surface area (TPSA) is 68.1 Å². The number of carbonyl (C=O) groups is 1. The normalized spacial score (nSPS) is 10.8. The van der Waals surface area contributed by atoms with E-state index in [1.807, 2.05) is 48.5 Å². The number of hydrogen-bond donors (Lipinski definition) is 1. The molecule has 28 heavy (non-hydrogen) atoms. The largest absolute Gasteiger partial charge is 0.497 e. The van der Waals surface area contributed by atoms with Crippen molar-refractivity contribution in [2.75, 3.05) is 7.11 Å². The van der Waals surface area contributed by atoms with E-state index in [-0.39, 0.29) is 5.56 Å². The zero-order valence-electron chi connectivity index (χ0n) is 15.5. The van der Waals surface area contributed by atoms with Crippen LogP contribution in [0.5, 0.6) is 11.5 Å². The lowest BCUT2D eigenvalue weighted by molar-refractivity contribution is 0.0697. The molecule has 0 aliphatic carbocycles. The number of para-hydroxylation sites is 1. The summed E-state index contributed by atoms with van der Waals surface area (Å²) in [6, 6.07) is 22.1. The summed E-state index contributed by atoms with van der Waals surface area (Å²) in [6.45, 7) is 0.915. The van der Waals surface area contributed by atoms with E-state index in [1.165, 1.54) is 0 Å². The molecule has 0 heterocycles. The number of carboxylic acid groups (broad SMARTS) is 1. The molecule has 0 radical (unpaired) electrons. The Balaban J connectivity index is 1.62. The summed E-state index contributed by atoms with van der Waals surface area (Å²) in [5, 5.41) is 8.96. The van der Waals surface area contributed by atoms with Crippen molar-refractivity contribution < 1.29 is 19.4 Å². The van der Waals surface area contributed by atoms with E-state index in [0.717, 1.165) is 28.2 Å². The number of methoxy groups -OCH3 is 1. The second-order valence-corrected chi connectivity index (χ2v) is 6.15. The van der Waals surface area contributed by atoms with Crippen LogP contribution in [0.15, 0.2) is 77.8 Å². The molecule has 0 saturated heterocycles. The molecule has 0 aliphatic heterocycles. The van der Waals surface area contributed by atoms with Gasteiger partial charge >= 0.3 is 5.97 Å². The molecule has 1 N–H and O–H groups in total. The van der Waals surface area contributed by atoms with E-state index in [0.29, 0.717) is 13.2 Å². The second kappa shape index (κ2) is 9.37. The molecule has 0 amide bonds. The maximum absolute atomic E-state index is 10.9. The molecule has 0 bridgehead atoms. The van der Waals surface area contributed by atoms with Crippen LogP contribution in [0.25, 0.3) is 0 Å². The van der Waals surface area contributed by atoms with Crippen LogP contribution in [0, 0.1) is 0 Å². The van der Waals surface area contributed by atoms with Crippen molar-refractivity contribution in [3.05, 3.63) is 95.1 Å². The van der Waals surface area contributed by atoms with Gasteiger partial charge in [0, 0.05) is 11.8 Å². The lowest BCUT2D eigenvalue weighted by Crippen LogP contribution is -2.00. The third-order valence-electron chi connectivity index (χ3n) is 4.18. The van der Waals surface area contributed by atoms with Crippen molar-refractivity contribution >= 4 is 12.2 Å². The van der Waals surface area contributed by atoms with Gasteiger partial charge in [0.2, 0.25) is 0 Å². The van der Waals surface area contributed by atoms with Gasteiger partial charge in [-0.15, -0.1) is 0 Å². The number of rotatable bonds is 8. The number of benzene rings is 3. The van der Waals surface area contributed by atoms with Crippen LogP contribution < -0.4 is 9.47 Å². The molecular weight excluding hydrogens is 354 g/mol. The van der Waals surface area contributed by atoms with Crippen molar-refractivity contribution in [1.82, 2.24) is 0 Å². The van der Waals surface area contributed by atoms with Gasteiger partial charge in [0.25, 0.3) is 0 Å². The van der Waals surface area contributed by atoms with Gasteiger partial charge in [-0.3, -0.25) is 4.99 Å². The summed E-state index contributed by atoms with van der Waals surface area (Å²) in [5.74, 6) is 0.608. The van der Waals surface area contributed by atoms with E-state index in [2.05, 4.69) is 4.99 Å². The standard InChI is InChI=1S/C23H21NO4/c1-27-21-12-8-17(9-13-21)14-24-15-20-4-2-3-5-22(20)28-16-18-6-10-19(11-7-18)23(25)26/h2-13,15H,14,16H2,1H3,(H,25,26). The Morgan fingerprint density at radius 1 is 0.964 bits per heavy atom. The summed E-state index contributed by atoms with van der Waals surface area (Å²) in [4.78, 5) is 15.4. The van der Waals surface area contributed by atoms with Gasteiger partial charge in [0.1, 0.15) is 18.1 Å². The molecule has 3 rings (SSSR count). The number of nitrogens with zero attached hydrogens (tertiary/aromatic N) is 1. The highest BCUT2D eigenvalue weighted by atomic mass is 16.5. The van der Waals surface area contributed by atoms with E-state index >= 15 is 0 Å². The Morgan fingerprint density at radius 2 is 1.64 bits per heavy atom. The predicted molar refractivity (Wildman–Crippen MR) is 108 cm³/mol. The lowest BCUT2D eigenvalue weighted by Gasteiger charge is -2.09. The zero-order valence-corrected chi connectivity index (χ0v) is 15.5. The molecule has 0 saturated carbocycles. The highest BCUT2D eigenvalue weighted by Crippen LogP contribution is 2.18. The molecule has 3 aromatic rings. The Kier molecular flexibility index (Phi) is 6.41. The molecule has 0 aliphatic rings. The average Bonchev–Trinajstić information content (AvgIpc) is 2.74. The van der Waals surface area contributed by atoms with E-state index in [4.69, 9.17) is 14.6 Å². The first-order chi connectivity index (χ1) is 13.7. The van der Waals surface area contributed by atoms with Crippen LogP contribution >= 0.6 is 0 Å². The molecule has 5 heteroatoms. The van der Waals surface area contributed by atoms with Gasteiger partial charge < -0.3 is 14.6 Å². The minimum atomic E-state index is -0.939. The van der Waals surface area contributed by atoms with Crippen molar-refractivity contribution in [2.24, 2.45) is 4.99 Å². The van der Waals surface area contributed by atoms with Gasteiger partial charge in [-0.2, -0.15) is 0 Å². The zero-order chi connectivity index (χ0) is 19.8. The monoisotopic (exact) mass is 375 g/mol. The summed E-state index contributed by atoms with van der Waals surface area (Å²) in [6.07, 6.45) is 1.80. The van der Waals surface area contributed by atoms with Gasteiger partial charge in [0.15, 0.2) is 0 Å².